The second-order valence-electron chi connectivity index (χ2n) is 2.90. The summed E-state index contributed by atoms with van der Waals surface area (Å²) in [4.78, 5) is 4.07. The van der Waals surface area contributed by atoms with Crippen LogP contribution in [0.3, 0.4) is 0 Å². The molecule has 14 heavy (non-hydrogen) atoms. The molecule has 0 atom stereocenters. The average molecular weight is 186 g/mol. The minimum Gasteiger partial charge on any atom is -0.383 e. The number of rotatable bonds is 0. The van der Waals surface area contributed by atoms with Gasteiger partial charge in [0.2, 0.25) is 0 Å². The van der Waals surface area contributed by atoms with E-state index in [2.05, 4.69) is 20.5 Å². The number of hydrogen-bond donors (Lipinski definition) is 1. The lowest BCUT2D eigenvalue weighted by atomic mass is 10.2. The van der Waals surface area contributed by atoms with Crippen molar-refractivity contribution in [3.8, 4) is 0 Å². The molecule has 2 N–H and O–H groups in total. The fourth-order valence-electron chi connectivity index (χ4n) is 1.45. The molecule has 0 aliphatic rings. The third-order valence-corrected chi connectivity index (χ3v) is 2.08. The zero-order chi connectivity index (χ0) is 9.54. The number of para-hydroxylation sites is 1. The van der Waals surface area contributed by atoms with Crippen LogP contribution in [0, 0.1) is 0 Å². The monoisotopic (exact) mass is 186 g/mol. The molecule has 0 aliphatic heterocycles. The Morgan fingerprint density at radius 3 is 3.00 bits per heavy atom. The van der Waals surface area contributed by atoms with Gasteiger partial charge in [-0.1, -0.05) is 17.2 Å². The minimum atomic E-state index is 0.418. The molecule has 0 spiro atoms. The Kier molecular flexibility index (Phi) is 1.22. The fraction of sp³-hybridized carbons (Fsp3) is 0. The molecule has 0 aliphatic carbocycles. The summed E-state index contributed by atoms with van der Waals surface area (Å²) in [7, 11) is 0. The predicted molar refractivity (Wildman–Crippen MR) is 50.5 cm³/mol. The number of tetrazole rings is 1. The molecule has 0 saturated heterocycles. The van der Waals surface area contributed by atoms with Crippen LogP contribution < -0.4 is 5.73 Å². The fourth-order valence-corrected chi connectivity index (χ4v) is 1.45. The highest BCUT2D eigenvalue weighted by Crippen LogP contribution is 2.18. The Bertz CT molecular complexity index is 613. The van der Waals surface area contributed by atoms with E-state index in [-0.39, 0.29) is 0 Å². The van der Waals surface area contributed by atoms with Gasteiger partial charge in [-0.2, -0.15) is 9.50 Å². The third kappa shape index (κ3) is 0.792. The van der Waals surface area contributed by atoms with Gasteiger partial charge in [0.1, 0.15) is 5.82 Å². The van der Waals surface area contributed by atoms with Gasteiger partial charge in [0.25, 0.3) is 5.78 Å². The summed E-state index contributed by atoms with van der Waals surface area (Å²) in [6, 6.07) is 7.59. The molecule has 3 aromatic rings. The quantitative estimate of drug-likeness (QED) is 0.544. The van der Waals surface area contributed by atoms with Crippen molar-refractivity contribution in [2.75, 3.05) is 5.73 Å². The number of anilines is 1. The molecule has 6 heteroatoms. The van der Waals surface area contributed by atoms with Crippen molar-refractivity contribution in [2.45, 2.75) is 0 Å². The lowest BCUT2D eigenvalue weighted by Gasteiger charge is -2.00. The van der Waals surface area contributed by atoms with E-state index in [1.807, 2.05) is 24.3 Å². The molecule has 6 nitrogen and oxygen atoms in total. The van der Waals surface area contributed by atoms with Gasteiger partial charge in [-0.05, 0) is 22.6 Å². The first-order valence-electron chi connectivity index (χ1n) is 4.08. The summed E-state index contributed by atoms with van der Waals surface area (Å²) in [6.45, 7) is 0. The lowest BCUT2D eigenvalue weighted by molar-refractivity contribution is 0.840. The summed E-state index contributed by atoms with van der Waals surface area (Å²) in [5, 5.41) is 12.0. The Balaban J connectivity index is 2.67. The first-order valence-corrected chi connectivity index (χ1v) is 4.08. The maximum atomic E-state index is 5.76. The van der Waals surface area contributed by atoms with Crippen molar-refractivity contribution < 1.29 is 0 Å². The van der Waals surface area contributed by atoms with Crippen LogP contribution in [-0.2, 0) is 0 Å². The largest absolute Gasteiger partial charge is 0.383 e. The van der Waals surface area contributed by atoms with Gasteiger partial charge in [-0.15, -0.1) is 0 Å². The second kappa shape index (κ2) is 2.38. The molecule has 0 amide bonds. The normalized spacial score (nSPS) is 11.1. The molecule has 3 rings (SSSR count). The Labute approximate surface area is 78.4 Å². The molecule has 0 fully saturated rings. The zero-order valence-electron chi connectivity index (χ0n) is 7.12. The smallest absolute Gasteiger partial charge is 0.275 e. The summed E-state index contributed by atoms with van der Waals surface area (Å²) in [5.41, 5.74) is 6.62. The zero-order valence-corrected chi connectivity index (χ0v) is 7.12. The number of nitrogen functional groups attached to an aromatic ring is 1. The number of fused-ring (bicyclic) bond motifs is 3. The third-order valence-electron chi connectivity index (χ3n) is 2.08. The van der Waals surface area contributed by atoms with E-state index in [1.54, 1.807) is 4.52 Å². The average Bonchev–Trinajstić information content (AvgIpc) is 2.66. The van der Waals surface area contributed by atoms with Crippen molar-refractivity contribution in [2.24, 2.45) is 0 Å². The van der Waals surface area contributed by atoms with Crippen molar-refractivity contribution in [1.29, 1.82) is 0 Å². The van der Waals surface area contributed by atoms with Crippen LogP contribution in [0.1, 0.15) is 0 Å². The molecule has 0 bridgehead atoms. The number of benzene rings is 1. The lowest BCUT2D eigenvalue weighted by Crippen LogP contribution is -1.99. The molecule has 2 aromatic heterocycles. The highest BCUT2D eigenvalue weighted by Gasteiger charge is 2.06. The number of nitrogens with zero attached hydrogens (tertiary/aromatic N) is 5. The predicted octanol–water partition coefficient (Wildman–Crippen LogP) is 0.255. The van der Waals surface area contributed by atoms with Crippen LogP contribution in [-0.4, -0.2) is 25.0 Å². The van der Waals surface area contributed by atoms with Crippen molar-refractivity contribution in [3.63, 3.8) is 0 Å². The summed E-state index contributed by atoms with van der Waals surface area (Å²) in [5.74, 6) is 0.865. The second-order valence-corrected chi connectivity index (χ2v) is 2.90. The maximum absolute atomic E-state index is 5.76. The van der Waals surface area contributed by atoms with Crippen LogP contribution in [0.15, 0.2) is 24.3 Å². The van der Waals surface area contributed by atoms with E-state index in [4.69, 9.17) is 5.73 Å². The molecule has 0 radical (unpaired) electrons. The van der Waals surface area contributed by atoms with Crippen LogP contribution in [0.2, 0.25) is 0 Å². The summed E-state index contributed by atoms with van der Waals surface area (Å²) >= 11 is 0. The van der Waals surface area contributed by atoms with Gasteiger partial charge >= 0.3 is 0 Å². The van der Waals surface area contributed by atoms with Gasteiger partial charge in [0.05, 0.1) is 5.52 Å². The highest BCUT2D eigenvalue weighted by atomic mass is 15.5. The van der Waals surface area contributed by atoms with E-state index in [9.17, 15) is 0 Å². The van der Waals surface area contributed by atoms with E-state index < -0.39 is 0 Å². The summed E-state index contributed by atoms with van der Waals surface area (Å²) < 4.78 is 1.56. The van der Waals surface area contributed by atoms with Crippen LogP contribution >= 0.6 is 0 Å². The highest BCUT2D eigenvalue weighted by molar-refractivity contribution is 5.89. The van der Waals surface area contributed by atoms with Gasteiger partial charge < -0.3 is 5.73 Å². The first-order chi connectivity index (χ1) is 6.86. The molecule has 0 saturated carbocycles. The van der Waals surface area contributed by atoms with Crippen molar-refractivity contribution >= 4 is 22.5 Å². The van der Waals surface area contributed by atoms with Crippen molar-refractivity contribution in [1.82, 2.24) is 25.0 Å². The molecule has 2 heterocycles. The van der Waals surface area contributed by atoms with Gasteiger partial charge in [0, 0.05) is 5.39 Å². The standard InChI is InChI=1S/C8H6N6/c9-7-5-3-1-2-4-6(5)14-8(10-7)11-12-13-14/h1-4H,(H2,9,10,11,13). The first kappa shape index (κ1) is 7.19. The van der Waals surface area contributed by atoms with E-state index in [0.29, 0.717) is 11.6 Å². The van der Waals surface area contributed by atoms with Crippen LogP contribution in [0.5, 0.6) is 0 Å². The maximum Gasteiger partial charge on any atom is 0.275 e. The Morgan fingerprint density at radius 2 is 2.07 bits per heavy atom. The topological polar surface area (TPSA) is 82.0 Å². The van der Waals surface area contributed by atoms with Crippen LogP contribution in [0.4, 0.5) is 5.82 Å². The molecular formula is C8H6N6. The SMILES string of the molecule is Nc1nc2nnnn2c2ccccc12. The molecule has 68 valence electrons. The van der Waals surface area contributed by atoms with Gasteiger partial charge in [-0.3, -0.25) is 0 Å². The number of hydrogen-bond acceptors (Lipinski definition) is 5. The van der Waals surface area contributed by atoms with Crippen molar-refractivity contribution in [3.05, 3.63) is 24.3 Å². The summed E-state index contributed by atoms with van der Waals surface area (Å²) in [6.07, 6.45) is 0. The Hall–Kier alpha value is -2.24. The molecule has 0 unspecified atom stereocenters. The van der Waals surface area contributed by atoms with E-state index in [1.165, 1.54) is 0 Å². The van der Waals surface area contributed by atoms with Crippen LogP contribution in [0.25, 0.3) is 16.7 Å². The number of nitrogens with two attached hydrogens (primary N) is 1. The Morgan fingerprint density at radius 1 is 1.21 bits per heavy atom. The molecular weight excluding hydrogens is 180 g/mol. The molecule has 1 aromatic carbocycles. The minimum absolute atomic E-state index is 0.418. The van der Waals surface area contributed by atoms with E-state index in [0.717, 1.165) is 10.9 Å². The van der Waals surface area contributed by atoms with Gasteiger partial charge in [-0.25, -0.2) is 0 Å². The van der Waals surface area contributed by atoms with Gasteiger partial charge in [0.15, 0.2) is 0 Å². The van der Waals surface area contributed by atoms with E-state index >= 15 is 0 Å². The number of aromatic nitrogens is 5.